The lowest BCUT2D eigenvalue weighted by Gasteiger charge is -2.21. The smallest absolute Gasteiger partial charge is 0.260 e. The van der Waals surface area contributed by atoms with Gasteiger partial charge in [0, 0.05) is 5.02 Å². The summed E-state index contributed by atoms with van der Waals surface area (Å²) in [4.78, 5) is 12.3. The maximum Gasteiger partial charge on any atom is 0.260 e. The molecule has 0 saturated carbocycles. The van der Waals surface area contributed by atoms with E-state index in [0.29, 0.717) is 23.0 Å². The highest BCUT2D eigenvalue weighted by Gasteiger charge is 2.21. The van der Waals surface area contributed by atoms with E-state index in [0.717, 1.165) is 21.9 Å². The number of rotatable bonds is 8. The number of hydrogen-bond donors (Lipinski definition) is 1. The lowest BCUT2D eigenvalue weighted by Crippen LogP contribution is -2.39. The van der Waals surface area contributed by atoms with Gasteiger partial charge in [-0.05, 0) is 61.9 Å². The summed E-state index contributed by atoms with van der Waals surface area (Å²) in [6.45, 7) is 3.80. The van der Waals surface area contributed by atoms with Crippen LogP contribution in [0.2, 0.25) is 5.02 Å². The van der Waals surface area contributed by atoms with Crippen LogP contribution in [-0.2, 0) is 14.8 Å². The zero-order valence-electron chi connectivity index (χ0n) is 15.8. The lowest BCUT2D eigenvalue weighted by atomic mass is 10.1. The molecule has 0 aliphatic rings. The number of carbonyl (C=O) groups is 1. The predicted molar refractivity (Wildman–Crippen MR) is 112 cm³/mol. The van der Waals surface area contributed by atoms with Crippen molar-refractivity contribution in [1.82, 2.24) is 5.43 Å². The molecule has 150 valence electrons. The molecule has 0 heterocycles. The molecule has 0 aliphatic heterocycles. The zero-order chi connectivity index (χ0) is 20.7. The number of benzene rings is 2. The monoisotopic (exact) mass is 423 g/mol. The molecule has 0 atom stereocenters. The maximum absolute atomic E-state index is 12.3. The highest BCUT2D eigenvalue weighted by molar-refractivity contribution is 7.92. The Morgan fingerprint density at radius 1 is 1.21 bits per heavy atom. The van der Waals surface area contributed by atoms with E-state index < -0.39 is 22.5 Å². The second-order valence-corrected chi connectivity index (χ2v) is 8.28. The van der Waals surface area contributed by atoms with Gasteiger partial charge in [0.05, 0.1) is 24.3 Å². The first-order chi connectivity index (χ1) is 13.2. The summed E-state index contributed by atoms with van der Waals surface area (Å²) in [7, 11) is -3.68. The molecule has 1 amide bonds. The van der Waals surface area contributed by atoms with Crippen LogP contribution in [0.1, 0.15) is 19.4 Å². The number of amides is 1. The molecule has 2 aromatic carbocycles. The number of nitrogens with zero attached hydrogens (tertiary/aromatic N) is 2. The minimum atomic E-state index is -3.68. The van der Waals surface area contributed by atoms with Crippen LogP contribution in [0.5, 0.6) is 5.75 Å². The Morgan fingerprint density at radius 3 is 2.46 bits per heavy atom. The first kappa shape index (κ1) is 21.7. The Hall–Kier alpha value is -2.58. The van der Waals surface area contributed by atoms with Crippen molar-refractivity contribution in [3.63, 3.8) is 0 Å². The van der Waals surface area contributed by atoms with E-state index in [1.54, 1.807) is 25.1 Å². The van der Waals surface area contributed by atoms with Crippen molar-refractivity contribution in [1.29, 1.82) is 0 Å². The average Bonchev–Trinajstić information content (AvgIpc) is 2.64. The first-order valence-corrected chi connectivity index (χ1v) is 10.7. The normalized spacial score (nSPS) is 11.8. The highest BCUT2D eigenvalue weighted by Crippen LogP contribution is 2.21. The molecule has 0 saturated heterocycles. The Labute approximate surface area is 170 Å². The van der Waals surface area contributed by atoms with Crippen LogP contribution in [0.3, 0.4) is 0 Å². The molecule has 0 aliphatic carbocycles. The number of halogens is 1. The predicted octanol–water partition coefficient (Wildman–Crippen LogP) is 3.05. The topological polar surface area (TPSA) is 88.1 Å². The molecule has 0 bridgehead atoms. The molecule has 0 unspecified atom stereocenters. The molecule has 9 heteroatoms. The third kappa shape index (κ3) is 6.24. The van der Waals surface area contributed by atoms with Gasteiger partial charge in [-0.1, -0.05) is 17.7 Å². The minimum absolute atomic E-state index is 0.303. The summed E-state index contributed by atoms with van der Waals surface area (Å²) < 4.78 is 30.5. The molecule has 2 rings (SSSR count). The van der Waals surface area contributed by atoms with Crippen molar-refractivity contribution in [3.05, 3.63) is 59.1 Å². The molecule has 0 fully saturated rings. The van der Waals surface area contributed by atoms with E-state index in [9.17, 15) is 13.2 Å². The SMILES string of the molecule is CCOc1ccc(/C(C)=N\NC(=O)CN(c2cccc(Cl)c2)S(C)(=O)=O)cc1. The second kappa shape index (κ2) is 9.57. The first-order valence-electron chi connectivity index (χ1n) is 8.50. The van der Waals surface area contributed by atoms with Crippen molar-refractivity contribution in [2.75, 3.05) is 23.7 Å². The number of nitrogens with one attached hydrogen (secondary N) is 1. The maximum atomic E-state index is 12.3. The summed E-state index contributed by atoms with van der Waals surface area (Å²) in [5.41, 5.74) is 4.07. The van der Waals surface area contributed by atoms with Crippen LogP contribution in [0, 0.1) is 0 Å². The van der Waals surface area contributed by atoms with Crippen molar-refractivity contribution in [3.8, 4) is 5.75 Å². The summed E-state index contributed by atoms with van der Waals surface area (Å²) in [5, 5.41) is 4.42. The fraction of sp³-hybridized carbons (Fsp3) is 0.263. The van der Waals surface area contributed by atoms with Gasteiger partial charge >= 0.3 is 0 Å². The number of ether oxygens (including phenoxy) is 1. The van der Waals surface area contributed by atoms with E-state index in [1.807, 2.05) is 31.2 Å². The Bertz CT molecular complexity index is 959. The molecule has 0 radical (unpaired) electrons. The third-order valence-corrected chi connectivity index (χ3v) is 5.09. The molecule has 2 aromatic rings. The van der Waals surface area contributed by atoms with Gasteiger partial charge < -0.3 is 4.74 Å². The zero-order valence-corrected chi connectivity index (χ0v) is 17.4. The van der Waals surface area contributed by atoms with Crippen molar-refractivity contribution in [2.24, 2.45) is 5.10 Å². The fourth-order valence-corrected chi connectivity index (χ4v) is 3.40. The fourth-order valence-electron chi connectivity index (χ4n) is 2.37. The van der Waals surface area contributed by atoms with Crippen LogP contribution >= 0.6 is 11.6 Å². The Balaban J connectivity index is 2.09. The molecule has 28 heavy (non-hydrogen) atoms. The largest absolute Gasteiger partial charge is 0.494 e. The van der Waals surface area contributed by atoms with E-state index in [1.165, 1.54) is 6.07 Å². The van der Waals surface area contributed by atoms with Crippen molar-refractivity contribution >= 4 is 38.9 Å². The van der Waals surface area contributed by atoms with Gasteiger partial charge in [0.1, 0.15) is 12.3 Å². The van der Waals surface area contributed by atoms with Gasteiger partial charge in [0.25, 0.3) is 5.91 Å². The van der Waals surface area contributed by atoms with Crippen LogP contribution in [0.25, 0.3) is 0 Å². The van der Waals surface area contributed by atoms with Crippen LogP contribution in [0.4, 0.5) is 5.69 Å². The van der Waals surface area contributed by atoms with E-state index in [4.69, 9.17) is 16.3 Å². The van der Waals surface area contributed by atoms with Gasteiger partial charge in [-0.3, -0.25) is 9.10 Å². The summed E-state index contributed by atoms with van der Waals surface area (Å²) in [5.74, 6) is 0.170. The van der Waals surface area contributed by atoms with Crippen LogP contribution < -0.4 is 14.5 Å². The van der Waals surface area contributed by atoms with Gasteiger partial charge in [-0.15, -0.1) is 0 Å². The lowest BCUT2D eigenvalue weighted by molar-refractivity contribution is -0.119. The Kier molecular flexibility index (Phi) is 7.42. The average molecular weight is 424 g/mol. The van der Waals surface area contributed by atoms with Gasteiger partial charge in [0.15, 0.2) is 0 Å². The number of anilines is 1. The molecule has 0 aromatic heterocycles. The standard InChI is InChI=1S/C19H22ClN3O4S/c1-4-27-18-10-8-15(9-11-18)14(2)21-22-19(24)13-23(28(3,25)26)17-7-5-6-16(20)12-17/h5-12H,4,13H2,1-3H3,(H,22,24)/b21-14-. The number of carbonyl (C=O) groups excluding carboxylic acids is 1. The number of sulfonamides is 1. The van der Waals surface area contributed by atoms with E-state index in [-0.39, 0.29) is 0 Å². The van der Waals surface area contributed by atoms with Crippen LogP contribution in [0.15, 0.2) is 53.6 Å². The Morgan fingerprint density at radius 2 is 1.89 bits per heavy atom. The van der Waals surface area contributed by atoms with E-state index in [2.05, 4.69) is 10.5 Å². The molecule has 0 spiro atoms. The summed E-state index contributed by atoms with van der Waals surface area (Å²) in [6.07, 6.45) is 1.02. The molecule has 7 nitrogen and oxygen atoms in total. The van der Waals surface area contributed by atoms with Gasteiger partial charge in [-0.2, -0.15) is 5.10 Å². The molecular formula is C19H22ClN3O4S. The van der Waals surface area contributed by atoms with Gasteiger partial charge in [-0.25, -0.2) is 13.8 Å². The molecule has 1 N–H and O–H groups in total. The van der Waals surface area contributed by atoms with E-state index >= 15 is 0 Å². The van der Waals surface area contributed by atoms with Crippen molar-refractivity contribution in [2.45, 2.75) is 13.8 Å². The molecular weight excluding hydrogens is 402 g/mol. The highest BCUT2D eigenvalue weighted by atomic mass is 35.5. The van der Waals surface area contributed by atoms with Crippen LogP contribution in [-0.4, -0.2) is 39.4 Å². The summed E-state index contributed by atoms with van der Waals surface area (Å²) >= 11 is 5.92. The second-order valence-electron chi connectivity index (χ2n) is 5.94. The number of hydrazone groups is 1. The summed E-state index contributed by atoms with van der Waals surface area (Å²) in [6, 6.07) is 13.5. The third-order valence-electron chi connectivity index (χ3n) is 3.72. The van der Waals surface area contributed by atoms with Crippen molar-refractivity contribution < 1.29 is 17.9 Å². The number of hydrogen-bond acceptors (Lipinski definition) is 5. The quantitative estimate of drug-likeness (QED) is 0.522. The van der Waals surface area contributed by atoms with Gasteiger partial charge in [0.2, 0.25) is 10.0 Å². The minimum Gasteiger partial charge on any atom is -0.494 e.